The van der Waals surface area contributed by atoms with Gasteiger partial charge >= 0.3 is 0 Å². The van der Waals surface area contributed by atoms with E-state index >= 15 is 0 Å². The van der Waals surface area contributed by atoms with Gasteiger partial charge in [-0.05, 0) is 18.1 Å². The third-order valence-corrected chi connectivity index (χ3v) is 3.54. The Bertz CT molecular complexity index is 459. The van der Waals surface area contributed by atoms with Crippen molar-refractivity contribution in [3.05, 3.63) is 38.4 Å². The predicted molar refractivity (Wildman–Crippen MR) is 68.9 cm³/mol. The average molecular weight is 271 g/mol. The van der Waals surface area contributed by atoms with Gasteiger partial charge in [-0.2, -0.15) is 0 Å². The Labute approximate surface area is 110 Å². The summed E-state index contributed by atoms with van der Waals surface area (Å²) in [7, 11) is 0. The lowest BCUT2D eigenvalue weighted by atomic mass is 10.1. The summed E-state index contributed by atoms with van der Waals surface area (Å²) in [4.78, 5) is 12.6. The highest BCUT2D eigenvalue weighted by molar-refractivity contribution is 6.31. The fraction of sp³-hybridized carbons (Fsp3) is 0.500. The number of hydrogen-bond acceptors (Lipinski definition) is 4. The largest absolute Gasteiger partial charge is 0.379 e. The number of nitro benzene ring substituents is 1. The van der Waals surface area contributed by atoms with Crippen LogP contribution in [0.1, 0.15) is 11.1 Å². The smallest absolute Gasteiger partial charge is 0.271 e. The molecule has 2 rings (SSSR count). The van der Waals surface area contributed by atoms with Gasteiger partial charge in [0.1, 0.15) is 0 Å². The molecule has 0 unspecified atom stereocenters. The number of rotatable bonds is 3. The first-order chi connectivity index (χ1) is 8.58. The second-order valence-corrected chi connectivity index (χ2v) is 4.76. The van der Waals surface area contributed by atoms with Crippen molar-refractivity contribution in [2.24, 2.45) is 0 Å². The van der Waals surface area contributed by atoms with E-state index in [0.29, 0.717) is 24.8 Å². The number of nitro groups is 1. The molecule has 1 heterocycles. The maximum absolute atomic E-state index is 10.8. The van der Waals surface area contributed by atoms with E-state index in [2.05, 4.69) is 4.90 Å². The molecule has 1 aromatic carbocycles. The van der Waals surface area contributed by atoms with E-state index in [1.54, 1.807) is 6.07 Å². The Balaban J connectivity index is 2.22. The van der Waals surface area contributed by atoms with Crippen LogP contribution in [-0.2, 0) is 11.3 Å². The van der Waals surface area contributed by atoms with Crippen LogP contribution in [0.25, 0.3) is 0 Å². The van der Waals surface area contributed by atoms with Crippen LogP contribution in [0.2, 0.25) is 5.02 Å². The van der Waals surface area contributed by atoms with Gasteiger partial charge in [-0.15, -0.1) is 0 Å². The van der Waals surface area contributed by atoms with E-state index in [1.165, 1.54) is 6.07 Å². The summed E-state index contributed by atoms with van der Waals surface area (Å²) in [6.45, 7) is 5.68. The fourth-order valence-electron chi connectivity index (χ4n) is 1.99. The van der Waals surface area contributed by atoms with E-state index < -0.39 is 4.92 Å². The van der Waals surface area contributed by atoms with Crippen molar-refractivity contribution in [1.82, 2.24) is 4.90 Å². The highest BCUT2D eigenvalue weighted by Crippen LogP contribution is 2.27. The van der Waals surface area contributed by atoms with Crippen molar-refractivity contribution in [2.75, 3.05) is 26.3 Å². The summed E-state index contributed by atoms with van der Waals surface area (Å²) in [5.74, 6) is 0. The van der Waals surface area contributed by atoms with Crippen LogP contribution in [0.5, 0.6) is 0 Å². The molecule has 18 heavy (non-hydrogen) atoms. The second-order valence-electron chi connectivity index (χ2n) is 4.36. The minimum absolute atomic E-state index is 0.0499. The van der Waals surface area contributed by atoms with E-state index in [9.17, 15) is 10.1 Å². The van der Waals surface area contributed by atoms with Gasteiger partial charge in [0.15, 0.2) is 0 Å². The summed E-state index contributed by atoms with van der Waals surface area (Å²) >= 11 is 6.03. The van der Waals surface area contributed by atoms with Gasteiger partial charge in [-0.25, -0.2) is 0 Å². The Kier molecular flexibility index (Phi) is 4.16. The van der Waals surface area contributed by atoms with Gasteiger partial charge in [-0.3, -0.25) is 15.0 Å². The van der Waals surface area contributed by atoms with Gasteiger partial charge in [-0.1, -0.05) is 11.6 Å². The Morgan fingerprint density at radius 2 is 2.11 bits per heavy atom. The number of nitrogens with zero attached hydrogens (tertiary/aromatic N) is 2. The van der Waals surface area contributed by atoms with E-state index in [4.69, 9.17) is 16.3 Å². The maximum Gasteiger partial charge on any atom is 0.271 e. The SMILES string of the molecule is Cc1c(Cl)cc([N+](=O)[O-])cc1CN1CCOCC1. The number of non-ortho nitro benzene ring substituents is 1. The lowest BCUT2D eigenvalue weighted by Gasteiger charge is -2.27. The van der Waals surface area contributed by atoms with Crippen LogP contribution in [0.3, 0.4) is 0 Å². The van der Waals surface area contributed by atoms with Crippen molar-refractivity contribution >= 4 is 17.3 Å². The zero-order valence-electron chi connectivity index (χ0n) is 10.2. The lowest BCUT2D eigenvalue weighted by Crippen LogP contribution is -2.35. The summed E-state index contributed by atoms with van der Waals surface area (Å²) in [5, 5.41) is 11.3. The third-order valence-electron chi connectivity index (χ3n) is 3.15. The zero-order chi connectivity index (χ0) is 13.1. The summed E-state index contributed by atoms with van der Waals surface area (Å²) in [6, 6.07) is 3.01. The molecule has 1 fully saturated rings. The summed E-state index contributed by atoms with van der Waals surface area (Å²) in [5.41, 5.74) is 1.87. The van der Waals surface area contributed by atoms with Gasteiger partial charge in [0, 0.05) is 31.8 Å². The lowest BCUT2D eigenvalue weighted by molar-refractivity contribution is -0.384. The standard InChI is InChI=1S/C12H15ClN2O3/c1-9-10(8-14-2-4-18-5-3-14)6-11(15(16)17)7-12(9)13/h6-7H,2-5,8H2,1H3. The van der Waals surface area contributed by atoms with Gasteiger partial charge < -0.3 is 4.74 Å². The van der Waals surface area contributed by atoms with Crippen LogP contribution in [-0.4, -0.2) is 36.1 Å². The molecule has 0 aromatic heterocycles. The molecule has 0 aliphatic carbocycles. The van der Waals surface area contributed by atoms with Crippen molar-refractivity contribution in [1.29, 1.82) is 0 Å². The van der Waals surface area contributed by atoms with Gasteiger partial charge in [0.25, 0.3) is 5.69 Å². The van der Waals surface area contributed by atoms with Crippen LogP contribution in [0.4, 0.5) is 5.69 Å². The minimum atomic E-state index is -0.409. The van der Waals surface area contributed by atoms with Crippen LogP contribution in [0.15, 0.2) is 12.1 Å². The monoisotopic (exact) mass is 270 g/mol. The first kappa shape index (κ1) is 13.3. The Hall–Kier alpha value is -1.17. The average Bonchev–Trinajstić information content (AvgIpc) is 2.35. The number of morpholine rings is 1. The highest BCUT2D eigenvalue weighted by atomic mass is 35.5. The third kappa shape index (κ3) is 2.98. The Morgan fingerprint density at radius 3 is 2.72 bits per heavy atom. The number of halogens is 1. The van der Waals surface area contributed by atoms with Crippen LogP contribution < -0.4 is 0 Å². The quantitative estimate of drug-likeness (QED) is 0.625. The van der Waals surface area contributed by atoms with Crippen LogP contribution >= 0.6 is 11.6 Å². The first-order valence-electron chi connectivity index (χ1n) is 5.81. The molecular weight excluding hydrogens is 256 g/mol. The molecule has 98 valence electrons. The molecule has 0 atom stereocenters. The molecule has 0 amide bonds. The van der Waals surface area contributed by atoms with Crippen molar-refractivity contribution < 1.29 is 9.66 Å². The molecule has 0 radical (unpaired) electrons. The topological polar surface area (TPSA) is 55.6 Å². The molecule has 0 saturated carbocycles. The molecule has 1 aliphatic rings. The molecule has 0 bridgehead atoms. The van der Waals surface area contributed by atoms with Gasteiger partial charge in [0.05, 0.1) is 23.2 Å². The normalized spacial score (nSPS) is 16.8. The molecular formula is C12H15ClN2O3. The van der Waals surface area contributed by atoms with E-state index in [1.807, 2.05) is 6.92 Å². The van der Waals surface area contributed by atoms with Crippen molar-refractivity contribution in [2.45, 2.75) is 13.5 Å². The maximum atomic E-state index is 10.8. The molecule has 1 aliphatic heterocycles. The molecule has 1 saturated heterocycles. The Morgan fingerprint density at radius 1 is 1.44 bits per heavy atom. The molecule has 1 aromatic rings. The zero-order valence-corrected chi connectivity index (χ0v) is 10.9. The predicted octanol–water partition coefficient (Wildman–Crippen LogP) is 2.39. The molecule has 5 nitrogen and oxygen atoms in total. The number of benzene rings is 1. The van der Waals surface area contributed by atoms with E-state index in [0.717, 1.165) is 24.2 Å². The first-order valence-corrected chi connectivity index (χ1v) is 6.19. The van der Waals surface area contributed by atoms with Crippen LogP contribution in [0, 0.1) is 17.0 Å². The molecule has 0 N–H and O–H groups in total. The highest BCUT2D eigenvalue weighted by Gasteiger charge is 2.16. The minimum Gasteiger partial charge on any atom is -0.379 e. The fourth-order valence-corrected chi connectivity index (χ4v) is 2.22. The van der Waals surface area contributed by atoms with Crippen molar-refractivity contribution in [3.63, 3.8) is 0 Å². The van der Waals surface area contributed by atoms with Crippen molar-refractivity contribution in [3.8, 4) is 0 Å². The summed E-state index contributed by atoms with van der Waals surface area (Å²) < 4.78 is 5.28. The van der Waals surface area contributed by atoms with Gasteiger partial charge in [0.2, 0.25) is 0 Å². The number of ether oxygens (including phenoxy) is 1. The van der Waals surface area contributed by atoms with E-state index in [-0.39, 0.29) is 5.69 Å². The second kappa shape index (κ2) is 5.65. The summed E-state index contributed by atoms with van der Waals surface area (Å²) in [6.07, 6.45) is 0. The molecule has 6 heteroatoms. The number of hydrogen-bond donors (Lipinski definition) is 0. The molecule has 0 spiro atoms.